The van der Waals surface area contributed by atoms with Gasteiger partial charge in [-0.1, -0.05) is 32.1 Å². The fourth-order valence-electron chi connectivity index (χ4n) is 3.56. The molecular formula is C24H27N7OSi. The molecule has 4 rings (SSSR count). The molecule has 9 heteroatoms. The first-order chi connectivity index (χ1) is 15.8. The van der Waals surface area contributed by atoms with E-state index in [9.17, 15) is 4.79 Å². The molecule has 0 aliphatic carbocycles. The number of hydrogen-bond donors (Lipinski definition) is 2. The summed E-state index contributed by atoms with van der Waals surface area (Å²) in [6.45, 7) is 11.7. The molecule has 2 aromatic heterocycles. The third-order valence-corrected chi connectivity index (χ3v) is 6.02. The molecule has 8 nitrogen and oxygen atoms in total. The number of anilines is 3. The molecule has 1 aliphatic heterocycles. The maximum Gasteiger partial charge on any atom is 0.247 e. The second-order valence-corrected chi connectivity index (χ2v) is 13.8. The number of hydrogen-bond acceptors (Lipinski definition) is 7. The highest BCUT2D eigenvalue weighted by atomic mass is 28.3. The molecule has 1 aliphatic rings. The van der Waals surface area contributed by atoms with Gasteiger partial charge in [0.1, 0.15) is 8.07 Å². The maximum absolute atomic E-state index is 11.6. The first-order valence-electron chi connectivity index (χ1n) is 10.9. The third kappa shape index (κ3) is 5.73. The Morgan fingerprint density at radius 1 is 1.24 bits per heavy atom. The standard InChI is InChI=1S/C24H27N7OSi/c1-5-22(32)28-19-6-7-21-18(12-19)15-27-30-23(21)31-10-8-20(16-31)29-24-25-13-17(14-26-24)9-11-33(2,3)4/h5-7,12-15,20H,1,8,10,16H2,2-4H3,(H,28,32)(H,25,26,29). The van der Waals surface area contributed by atoms with Crippen LogP contribution in [0.2, 0.25) is 19.6 Å². The Morgan fingerprint density at radius 2 is 2.03 bits per heavy atom. The molecule has 0 radical (unpaired) electrons. The zero-order valence-corrected chi connectivity index (χ0v) is 20.1. The summed E-state index contributed by atoms with van der Waals surface area (Å²) in [7, 11) is -1.43. The summed E-state index contributed by atoms with van der Waals surface area (Å²) < 4.78 is 0. The number of carbonyl (C=O) groups excluding carboxylic acids is 1. The Bertz CT molecular complexity index is 1240. The van der Waals surface area contributed by atoms with Gasteiger partial charge in [-0.25, -0.2) is 9.97 Å². The molecule has 1 amide bonds. The Hall–Kier alpha value is -3.77. The van der Waals surface area contributed by atoms with Crippen LogP contribution in [0.25, 0.3) is 10.8 Å². The Morgan fingerprint density at radius 3 is 2.76 bits per heavy atom. The lowest BCUT2D eigenvalue weighted by Crippen LogP contribution is -2.27. The van der Waals surface area contributed by atoms with Gasteiger partial charge in [-0.2, -0.15) is 5.10 Å². The molecule has 168 valence electrons. The second-order valence-electron chi connectivity index (χ2n) is 9.03. The second kappa shape index (κ2) is 9.38. The summed E-state index contributed by atoms with van der Waals surface area (Å²) >= 11 is 0. The zero-order valence-electron chi connectivity index (χ0n) is 19.1. The normalized spacial score (nSPS) is 15.6. The van der Waals surface area contributed by atoms with E-state index >= 15 is 0 Å². The minimum atomic E-state index is -1.43. The molecule has 0 saturated carbocycles. The van der Waals surface area contributed by atoms with Gasteiger partial charge < -0.3 is 15.5 Å². The van der Waals surface area contributed by atoms with Gasteiger partial charge >= 0.3 is 0 Å². The van der Waals surface area contributed by atoms with Gasteiger partial charge in [-0.3, -0.25) is 4.79 Å². The minimum Gasteiger partial charge on any atom is -0.352 e. The number of carbonyl (C=O) groups is 1. The number of benzene rings is 1. The van der Waals surface area contributed by atoms with E-state index in [0.717, 1.165) is 41.7 Å². The van der Waals surface area contributed by atoms with Crippen molar-refractivity contribution in [1.29, 1.82) is 0 Å². The van der Waals surface area contributed by atoms with Crippen molar-refractivity contribution in [3.63, 3.8) is 0 Å². The SMILES string of the molecule is C=CC(=O)Nc1ccc2c(N3CCC(Nc4ncc(C#C[Si](C)(C)C)cn4)C3)nncc2c1. The van der Waals surface area contributed by atoms with Gasteiger partial charge in [0, 0.05) is 48.0 Å². The van der Waals surface area contributed by atoms with E-state index in [1.165, 1.54) is 6.08 Å². The predicted octanol–water partition coefficient (Wildman–Crippen LogP) is 3.46. The smallest absolute Gasteiger partial charge is 0.247 e. The third-order valence-electron chi connectivity index (χ3n) is 5.15. The van der Waals surface area contributed by atoms with Crippen LogP contribution in [0.15, 0.2) is 49.4 Å². The Kier molecular flexibility index (Phi) is 6.37. The number of fused-ring (bicyclic) bond motifs is 1. The largest absolute Gasteiger partial charge is 0.352 e. The molecule has 2 N–H and O–H groups in total. The summed E-state index contributed by atoms with van der Waals surface area (Å²) in [6.07, 6.45) is 7.43. The van der Waals surface area contributed by atoms with Crippen molar-refractivity contribution in [2.75, 3.05) is 28.6 Å². The lowest BCUT2D eigenvalue weighted by Gasteiger charge is -2.19. The van der Waals surface area contributed by atoms with Crippen LogP contribution in [0.3, 0.4) is 0 Å². The molecule has 1 aromatic carbocycles. The van der Waals surface area contributed by atoms with E-state index in [4.69, 9.17) is 0 Å². The molecule has 1 atom stereocenters. The van der Waals surface area contributed by atoms with Crippen LogP contribution in [-0.4, -0.2) is 53.3 Å². The molecule has 1 saturated heterocycles. The number of rotatable bonds is 5. The van der Waals surface area contributed by atoms with Gasteiger partial charge in [-0.05, 0) is 30.7 Å². The van der Waals surface area contributed by atoms with Crippen LogP contribution < -0.4 is 15.5 Å². The first-order valence-corrected chi connectivity index (χ1v) is 14.4. The highest BCUT2D eigenvalue weighted by molar-refractivity contribution is 6.83. The van der Waals surface area contributed by atoms with E-state index in [1.807, 2.05) is 18.2 Å². The fraction of sp³-hybridized carbons (Fsp3) is 0.292. The summed E-state index contributed by atoms with van der Waals surface area (Å²) in [5.41, 5.74) is 4.86. The first kappa shape index (κ1) is 22.4. The van der Waals surface area contributed by atoms with Crippen LogP contribution in [0, 0.1) is 11.5 Å². The molecule has 1 unspecified atom stereocenters. The van der Waals surface area contributed by atoms with Crippen molar-refractivity contribution in [1.82, 2.24) is 20.2 Å². The molecular weight excluding hydrogens is 430 g/mol. The van der Waals surface area contributed by atoms with Gasteiger partial charge in [0.2, 0.25) is 11.9 Å². The molecule has 1 fully saturated rings. The van der Waals surface area contributed by atoms with Crippen molar-refractivity contribution >= 4 is 42.2 Å². The minimum absolute atomic E-state index is 0.201. The summed E-state index contributed by atoms with van der Waals surface area (Å²) in [5.74, 6) is 4.36. The Balaban J connectivity index is 1.44. The number of amides is 1. The van der Waals surface area contributed by atoms with E-state index in [2.05, 4.69) is 73.4 Å². The van der Waals surface area contributed by atoms with E-state index in [-0.39, 0.29) is 11.9 Å². The van der Waals surface area contributed by atoms with Crippen LogP contribution in [0.4, 0.5) is 17.5 Å². The van der Waals surface area contributed by atoms with E-state index in [1.54, 1.807) is 18.6 Å². The Labute approximate surface area is 194 Å². The average Bonchev–Trinajstić information content (AvgIpc) is 3.25. The zero-order chi connectivity index (χ0) is 23.4. The molecule has 33 heavy (non-hydrogen) atoms. The highest BCUT2D eigenvalue weighted by Gasteiger charge is 2.25. The van der Waals surface area contributed by atoms with Crippen molar-refractivity contribution < 1.29 is 4.79 Å². The lowest BCUT2D eigenvalue weighted by molar-refractivity contribution is -0.111. The molecule has 3 aromatic rings. The van der Waals surface area contributed by atoms with Crippen LogP contribution in [0.5, 0.6) is 0 Å². The molecule has 0 spiro atoms. The van der Waals surface area contributed by atoms with Crippen molar-refractivity contribution in [3.05, 3.63) is 55.0 Å². The molecule has 3 heterocycles. The average molecular weight is 458 g/mol. The fourth-order valence-corrected chi connectivity index (χ4v) is 4.08. The van der Waals surface area contributed by atoms with Crippen LogP contribution >= 0.6 is 0 Å². The summed E-state index contributed by atoms with van der Waals surface area (Å²) in [5, 5.41) is 16.7. The highest BCUT2D eigenvalue weighted by Crippen LogP contribution is 2.29. The molecule has 0 bridgehead atoms. The van der Waals surface area contributed by atoms with Gasteiger partial charge in [-0.15, -0.1) is 10.6 Å². The summed E-state index contributed by atoms with van der Waals surface area (Å²) in [4.78, 5) is 22.7. The quantitative estimate of drug-likeness (QED) is 0.344. The number of aromatic nitrogens is 4. The van der Waals surface area contributed by atoms with Crippen molar-refractivity contribution in [3.8, 4) is 11.5 Å². The van der Waals surface area contributed by atoms with Crippen molar-refractivity contribution in [2.24, 2.45) is 0 Å². The number of nitrogens with one attached hydrogen (secondary N) is 2. The lowest BCUT2D eigenvalue weighted by atomic mass is 10.1. The van der Waals surface area contributed by atoms with Gasteiger partial charge in [0.05, 0.1) is 11.8 Å². The maximum atomic E-state index is 11.6. The van der Waals surface area contributed by atoms with E-state index < -0.39 is 8.07 Å². The van der Waals surface area contributed by atoms with Crippen molar-refractivity contribution in [2.45, 2.75) is 32.1 Å². The van der Waals surface area contributed by atoms with E-state index in [0.29, 0.717) is 11.6 Å². The van der Waals surface area contributed by atoms with Gasteiger partial charge in [0.25, 0.3) is 0 Å². The number of nitrogens with zero attached hydrogens (tertiary/aromatic N) is 5. The monoisotopic (exact) mass is 457 g/mol. The summed E-state index contributed by atoms with van der Waals surface area (Å²) in [6, 6.07) is 5.91. The van der Waals surface area contributed by atoms with Crippen LogP contribution in [0.1, 0.15) is 12.0 Å². The topological polar surface area (TPSA) is 95.9 Å². The predicted molar refractivity (Wildman–Crippen MR) is 135 cm³/mol. The van der Waals surface area contributed by atoms with Gasteiger partial charge in [0.15, 0.2) is 5.82 Å². The van der Waals surface area contributed by atoms with Crippen LogP contribution in [-0.2, 0) is 4.79 Å².